The number of rotatable bonds is 7. The van der Waals surface area contributed by atoms with Crippen LogP contribution < -0.4 is 0 Å². The van der Waals surface area contributed by atoms with Gasteiger partial charge in [0.25, 0.3) is 0 Å². The fraction of sp³-hybridized carbons (Fsp3) is 0.935. The van der Waals surface area contributed by atoms with Gasteiger partial charge in [0, 0.05) is 6.92 Å². The van der Waals surface area contributed by atoms with E-state index in [1.54, 1.807) is 0 Å². The maximum absolute atomic E-state index is 13.2. The standard InChI is InChI=1S/C31H52O5/c1-8-21(18(2)3)10-9-19(4)23-11-12-24-22-17-35-29(34)26-15-27(33)28(36-20(5)32)16-31(26,7)25(22)13-14-30(23,24)6/h18-19,21-28,33H,8-17H2,1-7H3/t19-,21-,22+,23-,24+,25+,26-,27-,28+,30-,31-/m1/s1. The van der Waals surface area contributed by atoms with E-state index >= 15 is 0 Å². The molecule has 0 aromatic heterocycles. The van der Waals surface area contributed by atoms with Crippen LogP contribution in [-0.4, -0.2) is 35.9 Å². The molecule has 0 aromatic carbocycles. The minimum absolute atomic E-state index is 0.156. The lowest BCUT2D eigenvalue weighted by Gasteiger charge is -2.56. The topological polar surface area (TPSA) is 72.8 Å². The molecule has 0 spiro atoms. The monoisotopic (exact) mass is 504 g/mol. The van der Waals surface area contributed by atoms with Gasteiger partial charge in [-0.2, -0.15) is 0 Å². The van der Waals surface area contributed by atoms with Crippen LogP contribution in [0.3, 0.4) is 0 Å². The van der Waals surface area contributed by atoms with E-state index in [9.17, 15) is 14.7 Å². The van der Waals surface area contributed by atoms with Gasteiger partial charge in [0.15, 0.2) is 0 Å². The summed E-state index contributed by atoms with van der Waals surface area (Å²) >= 11 is 0. The summed E-state index contributed by atoms with van der Waals surface area (Å²) in [7, 11) is 0. The number of cyclic esters (lactones) is 1. The summed E-state index contributed by atoms with van der Waals surface area (Å²) in [6.45, 7) is 16.2. The van der Waals surface area contributed by atoms with E-state index in [0.717, 1.165) is 30.1 Å². The second kappa shape index (κ2) is 10.6. The average Bonchev–Trinajstić information content (AvgIpc) is 3.11. The number of hydrogen-bond donors (Lipinski definition) is 1. The Kier molecular flexibility index (Phi) is 8.20. The zero-order chi connectivity index (χ0) is 26.4. The number of fused-ring (bicyclic) bond motifs is 5. The zero-order valence-electron chi connectivity index (χ0n) is 23.9. The van der Waals surface area contributed by atoms with Crippen LogP contribution in [0.25, 0.3) is 0 Å². The molecular formula is C31H52O5. The summed E-state index contributed by atoms with van der Waals surface area (Å²) in [5.41, 5.74) is -0.0135. The molecule has 4 aliphatic rings. The highest BCUT2D eigenvalue weighted by molar-refractivity contribution is 5.74. The molecule has 4 fully saturated rings. The van der Waals surface area contributed by atoms with E-state index in [4.69, 9.17) is 9.47 Å². The van der Waals surface area contributed by atoms with Gasteiger partial charge in [-0.3, -0.25) is 9.59 Å². The largest absolute Gasteiger partial charge is 0.465 e. The summed E-state index contributed by atoms with van der Waals surface area (Å²) < 4.78 is 11.5. The molecule has 36 heavy (non-hydrogen) atoms. The number of carbonyl (C=O) groups is 2. The molecule has 0 bridgehead atoms. The average molecular weight is 505 g/mol. The molecule has 3 aliphatic carbocycles. The summed E-state index contributed by atoms with van der Waals surface area (Å²) in [6, 6.07) is 0. The third-order valence-corrected chi connectivity index (χ3v) is 11.9. The van der Waals surface area contributed by atoms with Crippen molar-refractivity contribution in [1.29, 1.82) is 0 Å². The highest BCUT2D eigenvalue weighted by Crippen LogP contribution is 2.66. The van der Waals surface area contributed by atoms with Crippen molar-refractivity contribution < 1.29 is 24.2 Å². The number of esters is 2. The molecule has 1 aliphatic heterocycles. The Hall–Kier alpha value is -1.10. The van der Waals surface area contributed by atoms with E-state index in [1.807, 2.05) is 0 Å². The van der Waals surface area contributed by atoms with Gasteiger partial charge in [0.05, 0.1) is 18.6 Å². The molecule has 206 valence electrons. The van der Waals surface area contributed by atoms with E-state index in [0.29, 0.717) is 42.6 Å². The van der Waals surface area contributed by atoms with Crippen molar-refractivity contribution in [2.75, 3.05) is 6.61 Å². The SMILES string of the molecule is CC[C@H](CC[C@@H](C)[C@H]1CC[C@H]2[C@@H]3COC(=O)[C@H]4C[C@@H](O)[C@@H](OC(C)=O)C[C@]4(C)[C@H]3CC[C@]12C)C(C)C. The van der Waals surface area contributed by atoms with Gasteiger partial charge in [-0.05, 0) is 97.2 Å². The summed E-state index contributed by atoms with van der Waals surface area (Å²) in [4.78, 5) is 25.0. The maximum Gasteiger partial charge on any atom is 0.309 e. The van der Waals surface area contributed by atoms with Gasteiger partial charge in [0.2, 0.25) is 0 Å². The van der Waals surface area contributed by atoms with Crippen LogP contribution in [0.5, 0.6) is 0 Å². The fourth-order valence-corrected chi connectivity index (χ4v) is 9.76. The van der Waals surface area contributed by atoms with Crippen molar-refractivity contribution in [2.24, 2.45) is 58.2 Å². The number of carbonyl (C=O) groups excluding carboxylic acids is 2. The number of aliphatic hydroxyl groups is 1. The quantitative estimate of drug-likeness (QED) is 0.406. The van der Waals surface area contributed by atoms with Crippen LogP contribution in [0, 0.1) is 58.2 Å². The highest BCUT2D eigenvalue weighted by Gasteiger charge is 2.63. The van der Waals surface area contributed by atoms with Gasteiger partial charge in [-0.15, -0.1) is 0 Å². The lowest BCUT2D eigenvalue weighted by molar-refractivity contribution is -0.175. The minimum Gasteiger partial charge on any atom is -0.465 e. The minimum atomic E-state index is -0.806. The number of ether oxygens (including phenoxy) is 2. The smallest absolute Gasteiger partial charge is 0.309 e. The van der Waals surface area contributed by atoms with Gasteiger partial charge in [-0.25, -0.2) is 0 Å². The molecular weight excluding hydrogens is 452 g/mol. The second-order valence-corrected chi connectivity index (χ2v) is 13.9. The van der Waals surface area contributed by atoms with E-state index < -0.39 is 12.2 Å². The van der Waals surface area contributed by atoms with Gasteiger partial charge < -0.3 is 14.6 Å². The Bertz CT molecular complexity index is 809. The predicted octanol–water partition coefficient (Wildman–Crippen LogP) is 6.41. The Labute approximate surface area is 219 Å². The predicted molar refractivity (Wildman–Crippen MR) is 141 cm³/mol. The molecule has 1 saturated heterocycles. The molecule has 5 heteroatoms. The molecule has 1 N–H and O–H groups in total. The van der Waals surface area contributed by atoms with E-state index in [1.165, 1.54) is 45.4 Å². The molecule has 11 atom stereocenters. The first kappa shape index (κ1) is 27.9. The Morgan fingerprint density at radius 3 is 2.44 bits per heavy atom. The Morgan fingerprint density at radius 1 is 1.11 bits per heavy atom. The van der Waals surface area contributed by atoms with Crippen LogP contribution in [0.4, 0.5) is 0 Å². The summed E-state index contributed by atoms with van der Waals surface area (Å²) in [6.07, 6.45) is 8.25. The highest BCUT2D eigenvalue weighted by atomic mass is 16.6. The van der Waals surface area contributed by atoms with Crippen LogP contribution in [0.1, 0.15) is 106 Å². The fourth-order valence-electron chi connectivity index (χ4n) is 9.76. The van der Waals surface area contributed by atoms with Crippen molar-refractivity contribution in [2.45, 2.75) is 118 Å². The molecule has 0 unspecified atom stereocenters. The van der Waals surface area contributed by atoms with Crippen molar-refractivity contribution in [3.05, 3.63) is 0 Å². The van der Waals surface area contributed by atoms with E-state index in [-0.39, 0.29) is 23.3 Å². The molecule has 3 saturated carbocycles. The van der Waals surface area contributed by atoms with E-state index in [2.05, 4.69) is 41.5 Å². The molecule has 0 aromatic rings. The van der Waals surface area contributed by atoms with Crippen molar-refractivity contribution in [1.82, 2.24) is 0 Å². The van der Waals surface area contributed by atoms with Crippen molar-refractivity contribution in [3.63, 3.8) is 0 Å². The van der Waals surface area contributed by atoms with Crippen LogP contribution in [0.15, 0.2) is 0 Å². The molecule has 0 amide bonds. The molecule has 4 rings (SSSR count). The molecule has 5 nitrogen and oxygen atoms in total. The van der Waals surface area contributed by atoms with Crippen LogP contribution >= 0.6 is 0 Å². The third kappa shape index (κ3) is 4.87. The first-order valence-corrected chi connectivity index (χ1v) is 14.9. The summed E-state index contributed by atoms with van der Waals surface area (Å²) in [5, 5.41) is 10.7. The van der Waals surface area contributed by atoms with Crippen LogP contribution in [0.2, 0.25) is 0 Å². The summed E-state index contributed by atoms with van der Waals surface area (Å²) in [5.74, 6) is 3.47. The molecule has 1 heterocycles. The van der Waals surface area contributed by atoms with Crippen molar-refractivity contribution >= 4 is 11.9 Å². The first-order valence-electron chi connectivity index (χ1n) is 14.9. The van der Waals surface area contributed by atoms with Gasteiger partial charge in [-0.1, -0.05) is 54.4 Å². The maximum atomic E-state index is 13.2. The first-order chi connectivity index (χ1) is 16.9. The van der Waals surface area contributed by atoms with Gasteiger partial charge in [0.1, 0.15) is 6.10 Å². The number of hydrogen-bond acceptors (Lipinski definition) is 5. The normalized spacial score (nSPS) is 44.0. The Morgan fingerprint density at radius 2 is 1.81 bits per heavy atom. The Balaban J connectivity index is 1.54. The van der Waals surface area contributed by atoms with Crippen molar-refractivity contribution in [3.8, 4) is 0 Å². The third-order valence-electron chi connectivity index (χ3n) is 11.9. The lowest BCUT2D eigenvalue weighted by Crippen LogP contribution is -2.55. The molecule has 0 radical (unpaired) electrons. The number of aliphatic hydroxyl groups excluding tert-OH is 1. The zero-order valence-corrected chi connectivity index (χ0v) is 23.9. The van der Waals surface area contributed by atoms with Crippen LogP contribution in [-0.2, 0) is 19.1 Å². The second-order valence-electron chi connectivity index (χ2n) is 13.9. The van der Waals surface area contributed by atoms with Gasteiger partial charge >= 0.3 is 11.9 Å². The lowest BCUT2D eigenvalue weighted by atomic mass is 9.48.